The lowest BCUT2D eigenvalue weighted by molar-refractivity contribution is -0.136. The van der Waals surface area contributed by atoms with Gasteiger partial charge in [-0.1, -0.05) is 20.8 Å². The van der Waals surface area contributed by atoms with Crippen LogP contribution in [0.4, 0.5) is 0 Å². The number of hydrogen-bond acceptors (Lipinski definition) is 3. The highest BCUT2D eigenvalue weighted by molar-refractivity contribution is 7.14. The third-order valence-corrected chi connectivity index (χ3v) is 3.74. The fourth-order valence-electron chi connectivity index (χ4n) is 1.23. The Morgan fingerprint density at radius 2 is 1.88 bits per heavy atom. The zero-order chi connectivity index (χ0) is 12.3. The van der Waals surface area contributed by atoms with E-state index in [1.165, 1.54) is 11.3 Å². The third kappa shape index (κ3) is 3.45. The highest BCUT2D eigenvalue weighted by Crippen LogP contribution is 2.30. The molecule has 88 valence electrons. The van der Waals surface area contributed by atoms with Gasteiger partial charge >= 0.3 is 5.97 Å². The molecule has 0 atom stereocenters. The van der Waals surface area contributed by atoms with Crippen LogP contribution in [0.2, 0.25) is 0 Å². The summed E-state index contributed by atoms with van der Waals surface area (Å²) in [6.07, 6.45) is -0.0129. The lowest BCUT2D eigenvalue weighted by Crippen LogP contribution is -2.08. The second kappa shape index (κ2) is 4.78. The van der Waals surface area contributed by atoms with E-state index in [4.69, 9.17) is 5.11 Å². The van der Waals surface area contributed by atoms with Crippen molar-refractivity contribution < 1.29 is 14.7 Å². The van der Waals surface area contributed by atoms with Crippen LogP contribution in [0.3, 0.4) is 0 Å². The molecule has 0 fully saturated rings. The number of hydrogen-bond donors (Lipinski definition) is 1. The van der Waals surface area contributed by atoms with E-state index in [0.29, 0.717) is 4.88 Å². The van der Waals surface area contributed by atoms with Crippen molar-refractivity contribution in [1.82, 2.24) is 0 Å². The first-order valence-electron chi connectivity index (χ1n) is 5.16. The van der Waals surface area contributed by atoms with E-state index in [1.807, 2.05) is 6.07 Å². The van der Waals surface area contributed by atoms with Crippen molar-refractivity contribution in [2.75, 3.05) is 0 Å². The molecule has 0 amide bonds. The van der Waals surface area contributed by atoms with Crippen LogP contribution in [0, 0.1) is 0 Å². The zero-order valence-electron chi connectivity index (χ0n) is 9.74. The van der Waals surface area contributed by atoms with Crippen molar-refractivity contribution in [3.05, 3.63) is 21.9 Å². The molecule has 0 radical (unpaired) electrons. The van der Waals surface area contributed by atoms with Gasteiger partial charge in [-0.15, -0.1) is 11.3 Å². The summed E-state index contributed by atoms with van der Waals surface area (Å²) in [6.45, 7) is 6.26. The zero-order valence-corrected chi connectivity index (χ0v) is 10.6. The van der Waals surface area contributed by atoms with Crippen molar-refractivity contribution in [2.45, 2.75) is 39.0 Å². The highest BCUT2D eigenvalue weighted by atomic mass is 32.1. The first kappa shape index (κ1) is 12.9. The monoisotopic (exact) mass is 240 g/mol. The molecule has 1 rings (SSSR count). The first-order valence-corrected chi connectivity index (χ1v) is 5.97. The highest BCUT2D eigenvalue weighted by Gasteiger charge is 2.18. The largest absolute Gasteiger partial charge is 0.481 e. The SMILES string of the molecule is CC(C)(C)c1ccc(C(=O)CCC(=O)O)s1. The number of carboxylic acids is 1. The van der Waals surface area contributed by atoms with Gasteiger partial charge in [-0.05, 0) is 17.5 Å². The van der Waals surface area contributed by atoms with E-state index >= 15 is 0 Å². The molecule has 0 aromatic carbocycles. The Morgan fingerprint density at radius 3 is 2.31 bits per heavy atom. The Bertz CT molecular complexity index is 399. The third-order valence-electron chi connectivity index (χ3n) is 2.19. The maximum Gasteiger partial charge on any atom is 0.303 e. The van der Waals surface area contributed by atoms with E-state index in [2.05, 4.69) is 20.8 Å². The summed E-state index contributed by atoms with van der Waals surface area (Å²) in [5, 5.41) is 8.49. The van der Waals surface area contributed by atoms with Crippen molar-refractivity contribution in [2.24, 2.45) is 0 Å². The predicted molar refractivity (Wildman–Crippen MR) is 64.2 cm³/mol. The van der Waals surface area contributed by atoms with Gasteiger partial charge in [0.1, 0.15) is 0 Å². The average Bonchev–Trinajstić information content (AvgIpc) is 2.61. The number of carboxylic acid groups (broad SMARTS) is 1. The summed E-state index contributed by atoms with van der Waals surface area (Å²) >= 11 is 1.46. The second-order valence-corrected chi connectivity index (χ2v) is 5.81. The van der Waals surface area contributed by atoms with Crippen LogP contribution in [0.15, 0.2) is 12.1 Å². The van der Waals surface area contributed by atoms with E-state index < -0.39 is 5.97 Å². The predicted octanol–water partition coefficient (Wildman–Crippen LogP) is 3.09. The van der Waals surface area contributed by atoms with Crippen molar-refractivity contribution in [1.29, 1.82) is 0 Å². The summed E-state index contributed by atoms with van der Waals surface area (Å²) < 4.78 is 0. The Hall–Kier alpha value is -1.16. The smallest absolute Gasteiger partial charge is 0.303 e. The standard InChI is InChI=1S/C12H16O3S/c1-12(2,3)10-6-5-9(16-10)8(13)4-7-11(14)15/h5-6H,4,7H2,1-3H3,(H,14,15). The number of thiophene rings is 1. The molecule has 3 nitrogen and oxygen atoms in total. The van der Waals surface area contributed by atoms with Gasteiger partial charge in [-0.2, -0.15) is 0 Å². The van der Waals surface area contributed by atoms with Crippen LogP contribution in [0.5, 0.6) is 0 Å². The Balaban J connectivity index is 2.71. The molecule has 0 aliphatic carbocycles. The topological polar surface area (TPSA) is 54.4 Å². The lowest BCUT2D eigenvalue weighted by Gasteiger charge is -2.15. The van der Waals surface area contributed by atoms with Gasteiger partial charge < -0.3 is 5.11 Å². The van der Waals surface area contributed by atoms with Crippen molar-refractivity contribution in [3.8, 4) is 0 Å². The van der Waals surface area contributed by atoms with Gasteiger partial charge in [-0.25, -0.2) is 0 Å². The van der Waals surface area contributed by atoms with E-state index in [-0.39, 0.29) is 24.0 Å². The molecule has 0 aliphatic heterocycles. The van der Waals surface area contributed by atoms with Crippen LogP contribution in [0.25, 0.3) is 0 Å². The number of ketones is 1. The molecule has 0 aliphatic rings. The van der Waals surface area contributed by atoms with Crippen LogP contribution in [-0.2, 0) is 10.2 Å². The quantitative estimate of drug-likeness (QED) is 0.823. The van der Waals surface area contributed by atoms with E-state index in [0.717, 1.165) is 4.88 Å². The normalized spacial score (nSPS) is 11.4. The number of aliphatic carboxylic acids is 1. The molecule has 1 heterocycles. The van der Waals surface area contributed by atoms with Gasteiger partial charge in [0.25, 0.3) is 0 Å². The summed E-state index contributed by atoms with van der Waals surface area (Å²) in [4.78, 5) is 23.8. The second-order valence-electron chi connectivity index (χ2n) is 4.73. The molecule has 1 aromatic rings. The van der Waals surface area contributed by atoms with Crippen LogP contribution >= 0.6 is 11.3 Å². The molecule has 1 N–H and O–H groups in total. The Kier molecular flexibility index (Phi) is 3.86. The number of carbonyl (C=O) groups excluding carboxylic acids is 1. The number of Topliss-reactive ketones (excluding diaryl/α,β-unsaturated/α-hetero) is 1. The number of carbonyl (C=O) groups is 2. The average molecular weight is 240 g/mol. The first-order chi connectivity index (χ1) is 7.30. The fourth-order valence-corrected chi connectivity index (χ4v) is 2.27. The van der Waals surface area contributed by atoms with Gasteiger partial charge in [0, 0.05) is 11.3 Å². The van der Waals surface area contributed by atoms with Crippen LogP contribution in [-0.4, -0.2) is 16.9 Å². The molecule has 1 aromatic heterocycles. The summed E-state index contributed by atoms with van der Waals surface area (Å²) in [5.41, 5.74) is 0.0377. The minimum atomic E-state index is -0.930. The van der Waals surface area contributed by atoms with Crippen LogP contribution < -0.4 is 0 Å². The Morgan fingerprint density at radius 1 is 1.25 bits per heavy atom. The number of rotatable bonds is 4. The molecule has 4 heteroatoms. The summed E-state index contributed by atoms with van der Waals surface area (Å²) in [6, 6.07) is 3.73. The van der Waals surface area contributed by atoms with Gasteiger partial charge in [0.15, 0.2) is 5.78 Å². The molecular formula is C12H16O3S. The van der Waals surface area contributed by atoms with Gasteiger partial charge in [-0.3, -0.25) is 9.59 Å². The Labute approximate surface area is 99.1 Å². The molecule has 0 saturated carbocycles. The molecule has 0 spiro atoms. The molecule has 0 unspecified atom stereocenters. The summed E-state index contributed by atoms with van der Waals surface area (Å²) in [7, 11) is 0. The molecular weight excluding hydrogens is 224 g/mol. The van der Waals surface area contributed by atoms with Gasteiger partial charge in [0.05, 0.1) is 11.3 Å². The van der Waals surface area contributed by atoms with Gasteiger partial charge in [0.2, 0.25) is 0 Å². The molecule has 0 bridgehead atoms. The van der Waals surface area contributed by atoms with Crippen molar-refractivity contribution in [3.63, 3.8) is 0 Å². The van der Waals surface area contributed by atoms with Crippen LogP contribution in [0.1, 0.15) is 48.2 Å². The van der Waals surface area contributed by atoms with E-state index in [9.17, 15) is 9.59 Å². The molecule has 16 heavy (non-hydrogen) atoms. The fraction of sp³-hybridized carbons (Fsp3) is 0.500. The molecule has 0 saturated heterocycles. The van der Waals surface area contributed by atoms with E-state index in [1.54, 1.807) is 6.07 Å². The van der Waals surface area contributed by atoms with Crippen molar-refractivity contribution >= 4 is 23.1 Å². The maximum atomic E-state index is 11.6. The minimum absolute atomic E-state index is 0.0377. The summed E-state index contributed by atoms with van der Waals surface area (Å²) in [5.74, 6) is -1.01. The lowest BCUT2D eigenvalue weighted by atomic mass is 9.95. The minimum Gasteiger partial charge on any atom is -0.481 e. The maximum absolute atomic E-state index is 11.6.